The first-order valence-corrected chi connectivity index (χ1v) is 6.88. The van der Waals surface area contributed by atoms with Gasteiger partial charge in [-0.3, -0.25) is 0 Å². The molecule has 0 aliphatic heterocycles. The van der Waals surface area contributed by atoms with Crippen LogP contribution in [0.3, 0.4) is 0 Å². The number of hydrogen-bond acceptors (Lipinski definition) is 2. The van der Waals surface area contributed by atoms with Crippen molar-refractivity contribution in [1.29, 1.82) is 0 Å². The molecule has 1 N–H and O–H groups in total. The Morgan fingerprint density at radius 1 is 1.12 bits per heavy atom. The molecule has 0 spiro atoms. The second-order valence-corrected chi connectivity index (χ2v) is 8.00. The van der Waals surface area contributed by atoms with Crippen molar-refractivity contribution in [3.63, 3.8) is 0 Å². The Balaban J connectivity index is 2.99. The van der Waals surface area contributed by atoms with Gasteiger partial charge in [0.25, 0.3) is 0 Å². The highest BCUT2D eigenvalue weighted by Crippen LogP contribution is 2.35. The summed E-state index contributed by atoms with van der Waals surface area (Å²) in [5, 5.41) is 9.31. The van der Waals surface area contributed by atoms with Crippen LogP contribution in [-0.4, -0.2) is 16.5 Å². The molecule has 0 aliphatic rings. The fourth-order valence-corrected chi connectivity index (χ4v) is 2.58. The molecule has 17 heavy (non-hydrogen) atoms. The molecule has 0 radical (unpaired) electrons. The van der Waals surface area contributed by atoms with Crippen molar-refractivity contribution in [2.24, 2.45) is 0 Å². The lowest BCUT2D eigenvalue weighted by molar-refractivity contribution is 0.265. The van der Waals surface area contributed by atoms with Crippen molar-refractivity contribution < 1.29 is 5.11 Å². The highest BCUT2D eigenvalue weighted by Gasteiger charge is 2.20. The average molecular weight is 252 g/mol. The van der Waals surface area contributed by atoms with Gasteiger partial charge in [0.1, 0.15) is 0 Å². The van der Waals surface area contributed by atoms with E-state index < -0.39 is 0 Å². The van der Waals surface area contributed by atoms with Gasteiger partial charge >= 0.3 is 0 Å². The lowest BCUT2D eigenvalue weighted by Crippen LogP contribution is -2.20. The Hall–Kier alpha value is -0.470. The van der Waals surface area contributed by atoms with E-state index in [1.165, 1.54) is 16.0 Å². The van der Waals surface area contributed by atoms with E-state index in [4.69, 9.17) is 0 Å². The van der Waals surface area contributed by atoms with Crippen LogP contribution in [0.1, 0.15) is 45.7 Å². The van der Waals surface area contributed by atoms with E-state index in [1.54, 1.807) is 11.8 Å². The SMILES string of the molecule is Cc1cc(C(C)(C)C)ccc1SC(C)(C)CO. The van der Waals surface area contributed by atoms with E-state index in [0.717, 1.165) is 0 Å². The molecular weight excluding hydrogens is 228 g/mol. The van der Waals surface area contributed by atoms with Crippen molar-refractivity contribution in [2.45, 2.75) is 56.6 Å². The summed E-state index contributed by atoms with van der Waals surface area (Å²) in [5.74, 6) is 0. The first kappa shape index (κ1) is 14.6. The quantitative estimate of drug-likeness (QED) is 0.815. The summed E-state index contributed by atoms with van der Waals surface area (Å²) in [5.41, 5.74) is 2.85. The molecule has 1 aromatic rings. The normalized spacial score (nSPS) is 12.9. The van der Waals surface area contributed by atoms with Gasteiger partial charge in [-0.2, -0.15) is 0 Å². The maximum Gasteiger partial charge on any atom is 0.0576 e. The Labute approximate surface area is 110 Å². The monoisotopic (exact) mass is 252 g/mol. The minimum Gasteiger partial charge on any atom is -0.395 e. The average Bonchev–Trinajstić information content (AvgIpc) is 2.19. The van der Waals surface area contributed by atoms with Crippen LogP contribution in [0.5, 0.6) is 0 Å². The van der Waals surface area contributed by atoms with Crippen LogP contribution in [0.15, 0.2) is 23.1 Å². The topological polar surface area (TPSA) is 20.2 Å². The van der Waals surface area contributed by atoms with Gasteiger partial charge in [-0.15, -0.1) is 11.8 Å². The molecule has 0 saturated heterocycles. The van der Waals surface area contributed by atoms with Crippen molar-refractivity contribution >= 4 is 11.8 Å². The Bertz CT molecular complexity index is 388. The van der Waals surface area contributed by atoms with Crippen LogP contribution >= 0.6 is 11.8 Å². The van der Waals surface area contributed by atoms with Gasteiger partial charge < -0.3 is 5.11 Å². The van der Waals surface area contributed by atoms with E-state index in [2.05, 4.69) is 59.7 Å². The maximum atomic E-state index is 9.31. The van der Waals surface area contributed by atoms with Gasteiger partial charge in [-0.05, 0) is 43.4 Å². The van der Waals surface area contributed by atoms with E-state index in [0.29, 0.717) is 0 Å². The Morgan fingerprint density at radius 3 is 2.12 bits per heavy atom. The van der Waals surface area contributed by atoms with Crippen LogP contribution in [0.2, 0.25) is 0 Å². The Kier molecular flexibility index (Phi) is 4.32. The molecule has 0 aliphatic carbocycles. The third-order valence-corrected chi connectivity index (χ3v) is 4.17. The lowest BCUT2D eigenvalue weighted by Gasteiger charge is -2.24. The highest BCUT2D eigenvalue weighted by atomic mass is 32.2. The molecule has 1 rings (SSSR count). The summed E-state index contributed by atoms with van der Waals surface area (Å²) in [6.45, 7) is 13.2. The fraction of sp³-hybridized carbons (Fsp3) is 0.600. The fourth-order valence-electron chi connectivity index (χ4n) is 1.56. The molecule has 96 valence electrons. The summed E-state index contributed by atoms with van der Waals surface area (Å²) in [6, 6.07) is 6.64. The third kappa shape index (κ3) is 4.04. The molecule has 0 amide bonds. The van der Waals surface area contributed by atoms with Crippen molar-refractivity contribution in [3.05, 3.63) is 29.3 Å². The second-order valence-electron chi connectivity index (χ2n) is 6.25. The third-order valence-electron chi connectivity index (χ3n) is 2.81. The number of aliphatic hydroxyl groups excluding tert-OH is 1. The van der Waals surface area contributed by atoms with Gasteiger partial charge in [-0.25, -0.2) is 0 Å². The van der Waals surface area contributed by atoms with Crippen molar-refractivity contribution in [3.8, 4) is 0 Å². The highest BCUT2D eigenvalue weighted by molar-refractivity contribution is 8.00. The summed E-state index contributed by atoms with van der Waals surface area (Å²) < 4.78 is -0.117. The number of thioether (sulfide) groups is 1. The zero-order valence-corrected chi connectivity index (χ0v) is 12.6. The molecule has 1 nitrogen and oxygen atoms in total. The van der Waals surface area contributed by atoms with Crippen molar-refractivity contribution in [1.82, 2.24) is 0 Å². The first-order chi connectivity index (χ1) is 7.65. The lowest BCUT2D eigenvalue weighted by atomic mass is 9.86. The van der Waals surface area contributed by atoms with Gasteiger partial charge in [0, 0.05) is 9.64 Å². The maximum absolute atomic E-state index is 9.31. The van der Waals surface area contributed by atoms with Crippen LogP contribution < -0.4 is 0 Å². The van der Waals surface area contributed by atoms with E-state index in [9.17, 15) is 5.11 Å². The summed E-state index contributed by atoms with van der Waals surface area (Å²) >= 11 is 1.74. The zero-order chi connectivity index (χ0) is 13.3. The molecule has 0 fully saturated rings. The van der Waals surface area contributed by atoms with Crippen molar-refractivity contribution in [2.75, 3.05) is 6.61 Å². The van der Waals surface area contributed by atoms with Gasteiger partial charge in [0.05, 0.1) is 6.61 Å². The molecule has 0 heterocycles. The molecule has 0 unspecified atom stereocenters. The number of benzene rings is 1. The predicted molar refractivity (Wildman–Crippen MR) is 76.9 cm³/mol. The predicted octanol–water partition coefficient (Wildman–Crippen LogP) is 4.16. The van der Waals surface area contributed by atoms with Gasteiger partial charge in [0.15, 0.2) is 0 Å². The van der Waals surface area contributed by atoms with Crippen LogP contribution in [-0.2, 0) is 5.41 Å². The summed E-state index contributed by atoms with van der Waals surface area (Å²) in [6.07, 6.45) is 0. The van der Waals surface area contributed by atoms with E-state index in [-0.39, 0.29) is 16.8 Å². The molecule has 0 aromatic heterocycles. The number of aliphatic hydroxyl groups is 1. The summed E-state index contributed by atoms with van der Waals surface area (Å²) in [4.78, 5) is 1.26. The van der Waals surface area contributed by atoms with Gasteiger partial charge in [-0.1, -0.05) is 32.9 Å². The second kappa shape index (κ2) is 5.03. The molecule has 1 aromatic carbocycles. The first-order valence-electron chi connectivity index (χ1n) is 6.07. The molecular formula is C15H24OS. The zero-order valence-electron chi connectivity index (χ0n) is 11.8. The molecule has 2 heteroatoms. The minimum absolute atomic E-state index is 0.117. The molecule has 0 atom stereocenters. The van der Waals surface area contributed by atoms with Gasteiger partial charge in [0.2, 0.25) is 0 Å². The number of hydrogen-bond donors (Lipinski definition) is 1. The smallest absolute Gasteiger partial charge is 0.0576 e. The van der Waals surface area contributed by atoms with E-state index in [1.807, 2.05) is 0 Å². The number of rotatable bonds is 3. The summed E-state index contributed by atoms with van der Waals surface area (Å²) in [7, 11) is 0. The molecule has 0 saturated carbocycles. The van der Waals surface area contributed by atoms with E-state index >= 15 is 0 Å². The standard InChI is InChI=1S/C15H24OS/c1-11-9-12(14(2,3)4)7-8-13(11)17-15(5,6)10-16/h7-9,16H,10H2,1-6H3. The van der Waals surface area contributed by atoms with Crippen LogP contribution in [0, 0.1) is 6.92 Å². The minimum atomic E-state index is -0.117. The van der Waals surface area contributed by atoms with Crippen LogP contribution in [0.4, 0.5) is 0 Å². The largest absolute Gasteiger partial charge is 0.395 e. The number of aryl methyl sites for hydroxylation is 1. The molecule has 0 bridgehead atoms. The van der Waals surface area contributed by atoms with Crippen LogP contribution in [0.25, 0.3) is 0 Å². The Morgan fingerprint density at radius 2 is 1.71 bits per heavy atom.